The topological polar surface area (TPSA) is 105 Å². The highest BCUT2D eigenvalue weighted by atomic mass is 31.2. The molecule has 0 heterocycles. The zero-order valence-corrected chi connectivity index (χ0v) is 41.6. The molecule has 0 aromatic carbocycles. The Hall–Kier alpha value is -0.760. The number of nitrogens with one attached hydrogen (secondary N) is 1. The van der Waals surface area contributed by atoms with Crippen molar-refractivity contribution in [2.75, 3.05) is 40.9 Å². The van der Waals surface area contributed by atoms with Crippen LogP contribution in [-0.4, -0.2) is 73.4 Å². The SMILES string of the molecule is CCCCCCCCCCCCCCCCCCCCCCCCCCCCCCC/C=C/C(O)C(COP(=O)(O)OCC[N+](C)(C)C)NC(=O)CCCCCCCCC. The molecule has 0 fully saturated rings. The van der Waals surface area contributed by atoms with Crippen molar-refractivity contribution < 1.29 is 32.9 Å². The van der Waals surface area contributed by atoms with Gasteiger partial charge in [0, 0.05) is 6.42 Å². The lowest BCUT2D eigenvalue weighted by Crippen LogP contribution is -2.45. The van der Waals surface area contributed by atoms with Gasteiger partial charge in [-0.15, -0.1) is 0 Å². The maximum absolute atomic E-state index is 12.7. The van der Waals surface area contributed by atoms with E-state index in [1.165, 1.54) is 205 Å². The molecular formula is C51H104N2O6P+. The Morgan fingerprint density at radius 2 is 0.883 bits per heavy atom. The van der Waals surface area contributed by atoms with Gasteiger partial charge in [-0.3, -0.25) is 13.8 Å². The predicted molar refractivity (Wildman–Crippen MR) is 259 cm³/mol. The van der Waals surface area contributed by atoms with Gasteiger partial charge in [-0.05, 0) is 19.3 Å². The van der Waals surface area contributed by atoms with Crippen molar-refractivity contribution in [2.45, 2.75) is 270 Å². The van der Waals surface area contributed by atoms with E-state index in [-0.39, 0.29) is 19.1 Å². The molecule has 0 rings (SSSR count). The lowest BCUT2D eigenvalue weighted by atomic mass is 10.0. The van der Waals surface area contributed by atoms with E-state index >= 15 is 0 Å². The van der Waals surface area contributed by atoms with E-state index in [9.17, 15) is 19.4 Å². The Balaban J connectivity index is 3.93. The van der Waals surface area contributed by atoms with Crippen molar-refractivity contribution in [3.63, 3.8) is 0 Å². The van der Waals surface area contributed by atoms with Crippen LogP contribution in [0.5, 0.6) is 0 Å². The van der Waals surface area contributed by atoms with E-state index in [1.54, 1.807) is 6.08 Å². The molecule has 9 heteroatoms. The number of rotatable bonds is 48. The Morgan fingerprint density at radius 1 is 0.550 bits per heavy atom. The first-order valence-corrected chi connectivity index (χ1v) is 27.6. The van der Waals surface area contributed by atoms with Crippen molar-refractivity contribution in [1.29, 1.82) is 0 Å². The molecular weight excluding hydrogens is 768 g/mol. The van der Waals surface area contributed by atoms with Crippen LogP contribution in [0.1, 0.15) is 258 Å². The number of quaternary nitrogens is 1. The van der Waals surface area contributed by atoms with E-state index < -0.39 is 20.0 Å². The van der Waals surface area contributed by atoms with Crippen LogP contribution in [0, 0.1) is 0 Å². The van der Waals surface area contributed by atoms with Gasteiger partial charge in [-0.1, -0.05) is 244 Å². The summed E-state index contributed by atoms with van der Waals surface area (Å²) >= 11 is 0. The molecule has 60 heavy (non-hydrogen) atoms. The van der Waals surface area contributed by atoms with Crippen LogP contribution < -0.4 is 5.32 Å². The highest BCUT2D eigenvalue weighted by Gasteiger charge is 2.27. The number of aliphatic hydroxyl groups is 1. The Kier molecular flexibility index (Phi) is 42.9. The monoisotopic (exact) mass is 872 g/mol. The number of nitrogens with zero attached hydrogens (tertiary/aromatic N) is 1. The lowest BCUT2D eigenvalue weighted by molar-refractivity contribution is -0.870. The van der Waals surface area contributed by atoms with Crippen LogP contribution in [-0.2, 0) is 18.4 Å². The van der Waals surface area contributed by atoms with Gasteiger partial charge >= 0.3 is 7.82 Å². The van der Waals surface area contributed by atoms with Gasteiger partial charge in [0.1, 0.15) is 13.2 Å². The normalized spacial score (nSPS) is 14.2. The molecule has 3 atom stereocenters. The highest BCUT2D eigenvalue weighted by Crippen LogP contribution is 2.43. The molecule has 0 bridgehead atoms. The number of aliphatic hydroxyl groups excluding tert-OH is 1. The van der Waals surface area contributed by atoms with E-state index in [1.807, 2.05) is 27.2 Å². The Morgan fingerprint density at radius 3 is 1.23 bits per heavy atom. The fourth-order valence-corrected chi connectivity index (χ4v) is 8.60. The summed E-state index contributed by atoms with van der Waals surface area (Å²) in [6.45, 7) is 4.79. The first-order chi connectivity index (χ1) is 29.0. The number of phosphoric acid groups is 1. The molecule has 0 aliphatic heterocycles. The Labute approximate surface area is 373 Å². The molecule has 8 nitrogen and oxygen atoms in total. The second kappa shape index (κ2) is 43.5. The summed E-state index contributed by atoms with van der Waals surface area (Å²) in [6.07, 6.45) is 52.0. The fourth-order valence-electron chi connectivity index (χ4n) is 7.87. The van der Waals surface area contributed by atoms with Crippen LogP contribution >= 0.6 is 7.82 Å². The maximum atomic E-state index is 12.7. The molecule has 0 aromatic rings. The second-order valence-corrected chi connectivity index (χ2v) is 20.7. The highest BCUT2D eigenvalue weighted by molar-refractivity contribution is 7.47. The predicted octanol–water partition coefficient (Wildman–Crippen LogP) is 15.1. The number of likely N-dealkylation sites (N-methyl/N-ethyl adjacent to an activating group) is 1. The van der Waals surface area contributed by atoms with Crippen molar-refractivity contribution >= 4 is 13.7 Å². The van der Waals surface area contributed by atoms with Gasteiger partial charge in [0.05, 0.1) is 39.9 Å². The van der Waals surface area contributed by atoms with Gasteiger partial charge in [0.25, 0.3) is 0 Å². The van der Waals surface area contributed by atoms with Crippen molar-refractivity contribution in [3.8, 4) is 0 Å². The van der Waals surface area contributed by atoms with Crippen molar-refractivity contribution in [2.24, 2.45) is 0 Å². The average Bonchev–Trinajstić information content (AvgIpc) is 3.20. The zero-order chi connectivity index (χ0) is 44.3. The molecule has 0 aliphatic rings. The summed E-state index contributed by atoms with van der Waals surface area (Å²) in [7, 11) is 1.58. The third-order valence-electron chi connectivity index (χ3n) is 12.0. The summed E-state index contributed by atoms with van der Waals surface area (Å²) in [4.78, 5) is 23.0. The van der Waals surface area contributed by atoms with Crippen LogP contribution in [0.25, 0.3) is 0 Å². The molecule has 3 unspecified atom stereocenters. The third-order valence-corrected chi connectivity index (χ3v) is 13.0. The standard InChI is InChI=1S/C51H103N2O6P/c1-6-8-10-12-14-15-16-17-18-19-20-21-22-23-24-25-26-27-28-29-30-31-32-33-34-35-36-37-39-40-42-44-50(54)49(48-59-60(56,57)58-47-46-53(3,4)5)52-51(55)45-43-41-38-13-11-9-7-2/h42,44,49-50,54H,6-41,43,45-48H2,1-5H3,(H-,52,55,56,57)/p+1/b44-42+. The number of allylic oxidation sites excluding steroid dienone is 1. The fraction of sp³-hybridized carbons (Fsp3) is 0.941. The van der Waals surface area contributed by atoms with Crippen LogP contribution in [0.3, 0.4) is 0 Å². The minimum absolute atomic E-state index is 0.0642. The van der Waals surface area contributed by atoms with Gasteiger partial charge in [0.15, 0.2) is 0 Å². The smallest absolute Gasteiger partial charge is 0.387 e. The van der Waals surface area contributed by atoms with E-state index in [0.29, 0.717) is 17.4 Å². The zero-order valence-electron chi connectivity index (χ0n) is 40.7. The molecule has 0 saturated heterocycles. The number of carbonyl (C=O) groups excluding carboxylic acids is 1. The van der Waals surface area contributed by atoms with Gasteiger partial charge < -0.3 is 19.8 Å². The molecule has 0 aliphatic carbocycles. The minimum atomic E-state index is -4.33. The second-order valence-electron chi connectivity index (χ2n) is 19.3. The summed E-state index contributed by atoms with van der Waals surface area (Å²) < 4.78 is 23.5. The molecule has 0 aromatic heterocycles. The molecule has 0 saturated carbocycles. The molecule has 0 radical (unpaired) electrons. The summed E-state index contributed by atoms with van der Waals surface area (Å²) in [5.74, 6) is -0.181. The number of carbonyl (C=O) groups is 1. The quantitative estimate of drug-likeness (QED) is 0.0243. The van der Waals surface area contributed by atoms with Gasteiger partial charge in [0.2, 0.25) is 5.91 Å². The number of amides is 1. The third kappa shape index (κ3) is 45.3. The molecule has 3 N–H and O–H groups in total. The number of hydrogen-bond donors (Lipinski definition) is 3. The largest absolute Gasteiger partial charge is 0.472 e. The molecule has 0 spiro atoms. The first kappa shape index (κ1) is 59.2. The molecule has 1 amide bonds. The van der Waals surface area contributed by atoms with E-state index in [4.69, 9.17) is 9.05 Å². The lowest BCUT2D eigenvalue weighted by Gasteiger charge is -2.25. The average molecular weight is 872 g/mol. The van der Waals surface area contributed by atoms with Crippen LogP contribution in [0.4, 0.5) is 0 Å². The van der Waals surface area contributed by atoms with E-state index in [2.05, 4.69) is 19.2 Å². The maximum Gasteiger partial charge on any atom is 0.472 e. The first-order valence-electron chi connectivity index (χ1n) is 26.1. The minimum Gasteiger partial charge on any atom is -0.387 e. The number of hydrogen-bond acceptors (Lipinski definition) is 5. The van der Waals surface area contributed by atoms with Crippen molar-refractivity contribution in [3.05, 3.63) is 12.2 Å². The van der Waals surface area contributed by atoms with Gasteiger partial charge in [-0.2, -0.15) is 0 Å². The van der Waals surface area contributed by atoms with Gasteiger partial charge in [-0.25, -0.2) is 4.57 Å². The number of phosphoric ester groups is 1. The van der Waals surface area contributed by atoms with E-state index in [0.717, 1.165) is 32.1 Å². The molecule has 358 valence electrons. The summed E-state index contributed by atoms with van der Waals surface area (Å²) in [6, 6.07) is -0.839. The number of unbranched alkanes of at least 4 members (excludes halogenated alkanes) is 35. The Bertz CT molecular complexity index is 989. The van der Waals surface area contributed by atoms with Crippen LogP contribution in [0.15, 0.2) is 12.2 Å². The van der Waals surface area contributed by atoms with Crippen LogP contribution in [0.2, 0.25) is 0 Å². The summed E-state index contributed by atoms with van der Waals surface area (Å²) in [5, 5.41) is 13.8. The summed E-state index contributed by atoms with van der Waals surface area (Å²) in [5.41, 5.74) is 0. The van der Waals surface area contributed by atoms with Crippen molar-refractivity contribution in [1.82, 2.24) is 5.32 Å².